The first kappa shape index (κ1) is 14.2. The summed E-state index contributed by atoms with van der Waals surface area (Å²) >= 11 is 1.80. The minimum Gasteiger partial charge on any atom is -0.456 e. The highest BCUT2D eigenvalue weighted by molar-refractivity contribution is 8.00. The third kappa shape index (κ3) is 3.30. The van der Waals surface area contributed by atoms with E-state index in [0.29, 0.717) is 0 Å². The average molecular weight is 298 g/mol. The summed E-state index contributed by atoms with van der Waals surface area (Å²) in [6, 6.07) is 18.6. The molecule has 21 heavy (non-hydrogen) atoms. The van der Waals surface area contributed by atoms with Crippen molar-refractivity contribution in [2.24, 2.45) is 0 Å². The van der Waals surface area contributed by atoms with E-state index in [1.807, 2.05) is 30.3 Å². The van der Waals surface area contributed by atoms with Crippen molar-refractivity contribution in [1.29, 1.82) is 0 Å². The lowest BCUT2D eigenvalue weighted by Crippen LogP contribution is -2.26. The summed E-state index contributed by atoms with van der Waals surface area (Å²) in [5.41, 5.74) is 2.46. The van der Waals surface area contributed by atoms with E-state index in [4.69, 9.17) is 4.74 Å². The minimum absolute atomic E-state index is 0.155. The molecule has 0 fully saturated rings. The van der Waals surface area contributed by atoms with Gasteiger partial charge in [-0.1, -0.05) is 42.5 Å². The smallest absolute Gasteiger partial charge is 0.303 e. The van der Waals surface area contributed by atoms with Gasteiger partial charge in [-0.3, -0.25) is 4.79 Å². The number of fused-ring (bicyclic) bond motifs is 1. The van der Waals surface area contributed by atoms with Gasteiger partial charge < -0.3 is 4.74 Å². The Balaban J connectivity index is 1.88. The van der Waals surface area contributed by atoms with Crippen LogP contribution < -0.4 is 0 Å². The molecule has 0 bridgehead atoms. The Morgan fingerprint density at radius 2 is 1.81 bits per heavy atom. The first-order valence-corrected chi connectivity index (χ1v) is 8.09. The van der Waals surface area contributed by atoms with Crippen LogP contribution in [0.25, 0.3) is 0 Å². The molecule has 3 heteroatoms. The second-order valence-corrected chi connectivity index (χ2v) is 6.55. The van der Waals surface area contributed by atoms with Gasteiger partial charge in [-0.25, -0.2) is 0 Å². The van der Waals surface area contributed by atoms with Crippen LogP contribution in [-0.4, -0.2) is 11.2 Å². The fraction of sp³-hybridized carbons (Fsp3) is 0.278. The predicted molar refractivity (Wildman–Crippen MR) is 85.4 cm³/mol. The molecule has 1 aliphatic rings. The number of carbonyl (C=O) groups excluding carboxylic acids is 1. The topological polar surface area (TPSA) is 26.3 Å². The summed E-state index contributed by atoms with van der Waals surface area (Å²) in [5.74, 6) is -0.213. The Hall–Kier alpha value is -1.74. The number of carbonyl (C=O) groups is 1. The van der Waals surface area contributed by atoms with E-state index in [9.17, 15) is 4.79 Å². The minimum atomic E-state index is -0.213. The van der Waals surface area contributed by atoms with Crippen LogP contribution in [0.5, 0.6) is 0 Å². The normalized spacial score (nSPS) is 20.6. The number of esters is 1. The molecular weight excluding hydrogens is 280 g/mol. The molecule has 0 N–H and O–H groups in total. The molecule has 0 radical (unpaired) electrons. The summed E-state index contributed by atoms with van der Waals surface area (Å²) < 4.78 is 5.64. The molecular formula is C18H18O2S. The highest BCUT2D eigenvalue weighted by Crippen LogP contribution is 2.42. The van der Waals surface area contributed by atoms with Crippen molar-refractivity contribution < 1.29 is 9.53 Å². The van der Waals surface area contributed by atoms with E-state index < -0.39 is 0 Å². The van der Waals surface area contributed by atoms with Crippen LogP contribution in [-0.2, 0) is 16.0 Å². The van der Waals surface area contributed by atoms with Crippen molar-refractivity contribution >= 4 is 17.7 Å². The second kappa shape index (κ2) is 6.35. The number of hydrogen-bond donors (Lipinski definition) is 0. The van der Waals surface area contributed by atoms with E-state index in [2.05, 4.69) is 24.3 Å². The number of thioether (sulfide) groups is 1. The molecule has 0 aliphatic heterocycles. The molecule has 2 aromatic carbocycles. The van der Waals surface area contributed by atoms with Crippen molar-refractivity contribution in [2.75, 3.05) is 0 Å². The Labute approximate surface area is 129 Å². The summed E-state index contributed by atoms with van der Waals surface area (Å²) in [7, 11) is 0. The van der Waals surface area contributed by atoms with Gasteiger partial charge in [0.05, 0.1) is 5.25 Å². The maximum Gasteiger partial charge on any atom is 0.303 e. The quantitative estimate of drug-likeness (QED) is 0.786. The monoisotopic (exact) mass is 298 g/mol. The molecule has 0 amide bonds. The maximum absolute atomic E-state index is 11.5. The first-order valence-electron chi connectivity index (χ1n) is 7.21. The fourth-order valence-corrected chi connectivity index (χ4v) is 4.03. The Morgan fingerprint density at radius 1 is 1.10 bits per heavy atom. The lowest BCUT2D eigenvalue weighted by Gasteiger charge is -2.32. The van der Waals surface area contributed by atoms with Crippen molar-refractivity contribution in [3.8, 4) is 0 Å². The lowest BCUT2D eigenvalue weighted by molar-refractivity contribution is -0.147. The molecule has 2 atom stereocenters. The van der Waals surface area contributed by atoms with Crippen LogP contribution in [0.1, 0.15) is 30.6 Å². The van der Waals surface area contributed by atoms with Crippen LogP contribution in [0.4, 0.5) is 0 Å². The van der Waals surface area contributed by atoms with Gasteiger partial charge in [0.1, 0.15) is 6.10 Å². The van der Waals surface area contributed by atoms with E-state index >= 15 is 0 Å². The number of rotatable bonds is 3. The highest BCUT2D eigenvalue weighted by Gasteiger charge is 2.32. The molecule has 3 rings (SSSR count). The van der Waals surface area contributed by atoms with Crippen molar-refractivity contribution in [1.82, 2.24) is 0 Å². The van der Waals surface area contributed by atoms with E-state index in [-0.39, 0.29) is 17.3 Å². The summed E-state index contributed by atoms with van der Waals surface area (Å²) in [6.45, 7) is 1.49. The molecule has 108 valence electrons. The number of aryl methyl sites for hydroxylation is 1. The molecule has 0 saturated heterocycles. The van der Waals surface area contributed by atoms with Gasteiger partial charge >= 0.3 is 5.97 Å². The number of benzene rings is 2. The standard InChI is InChI=1S/C18H18O2S/c1-13(19)20-18-16-10-6-5-7-14(16)11-12-17(18)21-15-8-3-2-4-9-15/h2-10,17-18H,11-12H2,1H3/t17-,18-/m1/s1. The molecule has 0 unspecified atom stereocenters. The molecule has 0 spiro atoms. The Morgan fingerprint density at radius 3 is 2.57 bits per heavy atom. The van der Waals surface area contributed by atoms with Gasteiger partial charge in [0.15, 0.2) is 0 Å². The fourth-order valence-electron chi connectivity index (χ4n) is 2.80. The van der Waals surface area contributed by atoms with Crippen LogP contribution in [0, 0.1) is 0 Å². The second-order valence-electron chi connectivity index (χ2n) is 5.24. The highest BCUT2D eigenvalue weighted by atomic mass is 32.2. The van der Waals surface area contributed by atoms with Gasteiger partial charge in [-0.15, -0.1) is 11.8 Å². The largest absolute Gasteiger partial charge is 0.456 e. The number of hydrogen-bond acceptors (Lipinski definition) is 3. The van der Waals surface area contributed by atoms with Crippen molar-refractivity contribution in [3.63, 3.8) is 0 Å². The van der Waals surface area contributed by atoms with Crippen LogP contribution in [0.3, 0.4) is 0 Å². The van der Waals surface area contributed by atoms with Crippen molar-refractivity contribution in [3.05, 3.63) is 65.7 Å². The van der Waals surface area contributed by atoms with Gasteiger partial charge in [0.2, 0.25) is 0 Å². The zero-order chi connectivity index (χ0) is 14.7. The molecule has 1 aliphatic carbocycles. The van der Waals surface area contributed by atoms with Crippen LogP contribution in [0.2, 0.25) is 0 Å². The number of ether oxygens (including phenoxy) is 1. The van der Waals surface area contributed by atoms with Crippen molar-refractivity contribution in [2.45, 2.75) is 36.0 Å². The van der Waals surface area contributed by atoms with Crippen LogP contribution >= 0.6 is 11.8 Å². The first-order chi connectivity index (χ1) is 10.2. The summed E-state index contributed by atoms with van der Waals surface area (Å²) in [4.78, 5) is 12.7. The van der Waals surface area contributed by atoms with E-state index in [1.54, 1.807) is 11.8 Å². The van der Waals surface area contributed by atoms with E-state index in [1.165, 1.54) is 17.4 Å². The van der Waals surface area contributed by atoms with Gasteiger partial charge in [-0.2, -0.15) is 0 Å². The molecule has 0 saturated carbocycles. The molecule has 2 aromatic rings. The lowest BCUT2D eigenvalue weighted by atomic mass is 9.89. The van der Waals surface area contributed by atoms with Gasteiger partial charge in [0.25, 0.3) is 0 Å². The van der Waals surface area contributed by atoms with Crippen LogP contribution in [0.15, 0.2) is 59.5 Å². The summed E-state index contributed by atoms with van der Waals surface area (Å²) in [5, 5.41) is 0.270. The maximum atomic E-state index is 11.5. The molecule has 0 heterocycles. The van der Waals surface area contributed by atoms with Gasteiger partial charge in [0, 0.05) is 11.8 Å². The van der Waals surface area contributed by atoms with E-state index in [0.717, 1.165) is 18.4 Å². The summed E-state index contributed by atoms with van der Waals surface area (Å²) in [6.07, 6.45) is 1.91. The third-order valence-corrected chi connectivity index (χ3v) is 5.05. The molecule has 0 aromatic heterocycles. The molecule has 2 nitrogen and oxygen atoms in total. The zero-order valence-corrected chi connectivity index (χ0v) is 12.8. The SMILES string of the molecule is CC(=O)O[C@@H]1c2ccccc2CC[C@H]1Sc1ccccc1. The average Bonchev–Trinajstić information content (AvgIpc) is 2.50. The third-order valence-electron chi connectivity index (χ3n) is 3.72. The van der Waals surface area contributed by atoms with Gasteiger partial charge in [-0.05, 0) is 36.1 Å². The predicted octanol–water partition coefficient (Wildman–Crippen LogP) is 4.40. The Kier molecular flexibility index (Phi) is 4.30. The zero-order valence-electron chi connectivity index (χ0n) is 12.0. The Bertz CT molecular complexity index is 624.